The summed E-state index contributed by atoms with van der Waals surface area (Å²) >= 11 is 0. The number of nitrogens with one attached hydrogen (secondary N) is 1. The van der Waals surface area contributed by atoms with E-state index in [9.17, 15) is 0 Å². The molecule has 0 radical (unpaired) electrons. The molecule has 1 rings (SSSR count). The maximum Gasteiger partial charge on any atom is 0.0991 e. The molecule has 15 heavy (non-hydrogen) atoms. The molecule has 0 aliphatic carbocycles. The zero-order chi connectivity index (χ0) is 11.3. The summed E-state index contributed by atoms with van der Waals surface area (Å²) in [5.41, 5.74) is 8.00. The van der Waals surface area contributed by atoms with Gasteiger partial charge in [-0.25, -0.2) is 0 Å². The quantitative estimate of drug-likeness (QED) is 0.727. The van der Waals surface area contributed by atoms with Gasteiger partial charge in [0.05, 0.1) is 17.5 Å². The van der Waals surface area contributed by atoms with Crippen molar-refractivity contribution in [1.29, 1.82) is 5.26 Å². The zero-order valence-electron chi connectivity index (χ0n) is 8.62. The van der Waals surface area contributed by atoms with Crippen molar-refractivity contribution in [2.75, 3.05) is 7.05 Å². The van der Waals surface area contributed by atoms with Crippen LogP contribution in [-0.2, 0) is 0 Å². The third-order valence-corrected chi connectivity index (χ3v) is 2.00. The molecule has 3 heteroatoms. The number of nitrogens with zero attached hydrogens (tertiary/aromatic N) is 1. The summed E-state index contributed by atoms with van der Waals surface area (Å²) in [7, 11) is 1.75. The smallest absolute Gasteiger partial charge is 0.0991 e. The molecule has 0 fully saturated rings. The van der Waals surface area contributed by atoms with Crippen LogP contribution in [-0.4, -0.2) is 7.05 Å². The molecule has 0 unspecified atom stereocenters. The Morgan fingerprint density at radius 3 is 2.53 bits per heavy atom. The van der Waals surface area contributed by atoms with E-state index in [-0.39, 0.29) is 0 Å². The molecule has 0 atom stereocenters. The van der Waals surface area contributed by atoms with Gasteiger partial charge in [0.2, 0.25) is 0 Å². The van der Waals surface area contributed by atoms with Gasteiger partial charge in [0.25, 0.3) is 0 Å². The fourth-order valence-corrected chi connectivity index (χ4v) is 1.10. The Balaban J connectivity index is 2.89. The van der Waals surface area contributed by atoms with Crippen LogP contribution < -0.4 is 11.1 Å². The van der Waals surface area contributed by atoms with Crippen molar-refractivity contribution in [3.8, 4) is 6.07 Å². The summed E-state index contributed by atoms with van der Waals surface area (Å²) in [6.45, 7) is 3.89. The van der Waals surface area contributed by atoms with Gasteiger partial charge in [-0.15, -0.1) is 0 Å². The van der Waals surface area contributed by atoms with Gasteiger partial charge in [-0.2, -0.15) is 5.26 Å². The lowest BCUT2D eigenvalue weighted by Gasteiger charge is -2.03. The molecule has 0 spiro atoms. The standard InChI is InChI=1S/C12H13N3/c1-9(7-12(14)15-2)11-5-3-10(8-13)4-6-11/h3-7,15H,1,14H2,2H3/b12-7-. The number of nitriles is 1. The van der Waals surface area contributed by atoms with Crippen LogP contribution in [0.2, 0.25) is 0 Å². The average molecular weight is 199 g/mol. The van der Waals surface area contributed by atoms with Crippen molar-refractivity contribution in [3.05, 3.63) is 53.9 Å². The van der Waals surface area contributed by atoms with E-state index >= 15 is 0 Å². The molecule has 0 bridgehead atoms. The molecule has 1 aromatic rings. The molecule has 0 aliphatic rings. The Bertz CT molecular complexity index is 421. The fraction of sp³-hybridized carbons (Fsp3) is 0.0833. The molecular weight excluding hydrogens is 186 g/mol. The Hall–Kier alpha value is -2.21. The highest BCUT2D eigenvalue weighted by molar-refractivity contribution is 5.72. The molecule has 0 aliphatic heterocycles. The summed E-state index contributed by atoms with van der Waals surface area (Å²) in [4.78, 5) is 0. The van der Waals surface area contributed by atoms with Gasteiger partial charge in [-0.05, 0) is 29.3 Å². The van der Waals surface area contributed by atoms with Crippen LogP contribution in [0.25, 0.3) is 5.57 Å². The van der Waals surface area contributed by atoms with Crippen molar-refractivity contribution in [1.82, 2.24) is 5.32 Å². The highest BCUT2D eigenvalue weighted by Crippen LogP contribution is 2.14. The van der Waals surface area contributed by atoms with Crippen molar-refractivity contribution in [2.24, 2.45) is 5.73 Å². The van der Waals surface area contributed by atoms with Crippen molar-refractivity contribution in [3.63, 3.8) is 0 Å². The average Bonchev–Trinajstić information content (AvgIpc) is 2.29. The SMILES string of the molecule is C=C(/C=C(/N)NC)c1ccc(C#N)cc1. The zero-order valence-corrected chi connectivity index (χ0v) is 8.62. The normalized spacial score (nSPS) is 10.5. The fourth-order valence-electron chi connectivity index (χ4n) is 1.10. The number of hydrogen-bond donors (Lipinski definition) is 2. The summed E-state index contributed by atoms with van der Waals surface area (Å²) in [5.74, 6) is 0.560. The third kappa shape index (κ3) is 2.89. The van der Waals surface area contributed by atoms with Crippen LogP contribution in [0.15, 0.2) is 42.7 Å². The topological polar surface area (TPSA) is 61.8 Å². The summed E-state index contributed by atoms with van der Waals surface area (Å²) in [6, 6.07) is 9.27. The Labute approximate surface area is 89.5 Å². The molecule has 0 aromatic heterocycles. The first-order valence-electron chi connectivity index (χ1n) is 4.51. The van der Waals surface area contributed by atoms with Crippen LogP contribution in [0.1, 0.15) is 11.1 Å². The maximum absolute atomic E-state index is 8.64. The Morgan fingerprint density at radius 1 is 1.47 bits per heavy atom. The molecule has 3 nitrogen and oxygen atoms in total. The minimum atomic E-state index is 0.560. The lowest BCUT2D eigenvalue weighted by molar-refractivity contribution is 0.967. The van der Waals surface area contributed by atoms with Crippen molar-refractivity contribution >= 4 is 5.57 Å². The first-order chi connectivity index (χ1) is 7.17. The van der Waals surface area contributed by atoms with E-state index in [1.807, 2.05) is 12.1 Å². The Morgan fingerprint density at radius 2 is 2.07 bits per heavy atom. The van der Waals surface area contributed by atoms with Crippen LogP contribution >= 0.6 is 0 Å². The third-order valence-electron chi connectivity index (χ3n) is 2.00. The molecule has 0 saturated carbocycles. The van der Waals surface area contributed by atoms with E-state index in [0.29, 0.717) is 11.4 Å². The van der Waals surface area contributed by atoms with Gasteiger partial charge in [0, 0.05) is 7.05 Å². The maximum atomic E-state index is 8.64. The van der Waals surface area contributed by atoms with Gasteiger partial charge < -0.3 is 11.1 Å². The second-order valence-corrected chi connectivity index (χ2v) is 3.06. The number of benzene rings is 1. The number of hydrogen-bond acceptors (Lipinski definition) is 3. The number of rotatable bonds is 3. The molecule has 0 heterocycles. The number of nitrogens with two attached hydrogens (primary N) is 1. The van der Waals surface area contributed by atoms with E-state index in [2.05, 4.69) is 18.0 Å². The monoisotopic (exact) mass is 199 g/mol. The first-order valence-corrected chi connectivity index (χ1v) is 4.51. The van der Waals surface area contributed by atoms with Gasteiger partial charge in [0.15, 0.2) is 0 Å². The van der Waals surface area contributed by atoms with Crippen molar-refractivity contribution < 1.29 is 0 Å². The highest BCUT2D eigenvalue weighted by Gasteiger charge is 1.97. The predicted molar refractivity (Wildman–Crippen MR) is 61.5 cm³/mol. The second kappa shape index (κ2) is 4.87. The van der Waals surface area contributed by atoms with Crippen LogP contribution in [0.3, 0.4) is 0 Å². The second-order valence-electron chi connectivity index (χ2n) is 3.06. The highest BCUT2D eigenvalue weighted by atomic mass is 14.9. The minimum absolute atomic E-state index is 0.560. The van der Waals surface area contributed by atoms with Gasteiger partial charge in [-0.3, -0.25) is 0 Å². The van der Waals surface area contributed by atoms with Crippen LogP contribution in [0.5, 0.6) is 0 Å². The van der Waals surface area contributed by atoms with E-state index in [1.165, 1.54) is 0 Å². The van der Waals surface area contributed by atoms with Crippen molar-refractivity contribution in [2.45, 2.75) is 0 Å². The number of allylic oxidation sites excluding steroid dienone is 2. The predicted octanol–water partition coefficient (Wildman–Crippen LogP) is 1.59. The summed E-state index contributed by atoms with van der Waals surface area (Å²) < 4.78 is 0. The van der Waals surface area contributed by atoms with E-state index in [0.717, 1.165) is 11.1 Å². The van der Waals surface area contributed by atoms with E-state index < -0.39 is 0 Å². The van der Waals surface area contributed by atoms with E-state index in [4.69, 9.17) is 11.0 Å². The molecule has 76 valence electrons. The minimum Gasteiger partial charge on any atom is -0.386 e. The van der Waals surface area contributed by atoms with Crippen LogP contribution in [0, 0.1) is 11.3 Å². The molecule has 0 saturated heterocycles. The first kappa shape index (κ1) is 10.9. The summed E-state index contributed by atoms with van der Waals surface area (Å²) in [5, 5.41) is 11.5. The molecule has 1 aromatic carbocycles. The lowest BCUT2D eigenvalue weighted by atomic mass is 10.1. The summed E-state index contributed by atoms with van der Waals surface area (Å²) in [6.07, 6.45) is 1.75. The van der Waals surface area contributed by atoms with Crippen LogP contribution in [0.4, 0.5) is 0 Å². The van der Waals surface area contributed by atoms with E-state index in [1.54, 1.807) is 25.3 Å². The van der Waals surface area contributed by atoms with Gasteiger partial charge >= 0.3 is 0 Å². The molecule has 3 N–H and O–H groups in total. The molecular formula is C12H13N3. The Kier molecular flexibility index (Phi) is 3.53. The largest absolute Gasteiger partial charge is 0.386 e. The molecule has 0 amide bonds. The lowest BCUT2D eigenvalue weighted by Crippen LogP contribution is -2.14. The van der Waals surface area contributed by atoms with Gasteiger partial charge in [0.1, 0.15) is 0 Å². The van der Waals surface area contributed by atoms with Gasteiger partial charge in [-0.1, -0.05) is 18.7 Å².